The van der Waals surface area contributed by atoms with Crippen LogP contribution in [0, 0.1) is 5.92 Å². The minimum absolute atomic E-state index is 0.0452. The second-order valence-electron chi connectivity index (χ2n) is 7.73. The highest BCUT2D eigenvalue weighted by Gasteiger charge is 2.42. The number of aliphatic hydroxyl groups excluding tert-OH is 1. The van der Waals surface area contributed by atoms with Gasteiger partial charge >= 0.3 is 0 Å². The Morgan fingerprint density at radius 1 is 1.29 bits per heavy atom. The number of hydrogen-bond donors (Lipinski definition) is 1. The molecule has 3 aliphatic rings. The van der Waals surface area contributed by atoms with Gasteiger partial charge in [0.15, 0.2) is 0 Å². The highest BCUT2D eigenvalue weighted by Crippen LogP contribution is 2.40. The lowest BCUT2D eigenvalue weighted by Crippen LogP contribution is -2.49. The fraction of sp³-hybridized carbons (Fsp3) is 0.650. The number of fused-ring (bicyclic) bond motifs is 1. The maximum absolute atomic E-state index is 13.0. The second kappa shape index (κ2) is 6.49. The van der Waals surface area contributed by atoms with Gasteiger partial charge in [0, 0.05) is 18.6 Å². The third kappa shape index (κ3) is 3.09. The molecule has 0 spiro atoms. The normalized spacial score (nSPS) is 25.2. The average Bonchev–Trinajstić information content (AvgIpc) is 3.47. The quantitative estimate of drug-likeness (QED) is 0.872. The van der Waals surface area contributed by atoms with Gasteiger partial charge in [-0.2, -0.15) is 0 Å². The minimum atomic E-state index is -0.0452. The molecule has 2 saturated carbocycles. The Hall–Kier alpha value is -1.39. The van der Waals surface area contributed by atoms with Crippen molar-refractivity contribution >= 4 is 5.91 Å². The first-order valence-corrected chi connectivity index (χ1v) is 9.43. The van der Waals surface area contributed by atoms with Crippen LogP contribution in [0.4, 0.5) is 0 Å². The molecule has 24 heavy (non-hydrogen) atoms. The van der Waals surface area contributed by atoms with Gasteiger partial charge in [0.1, 0.15) is 0 Å². The van der Waals surface area contributed by atoms with Gasteiger partial charge in [-0.1, -0.05) is 24.3 Å². The molecule has 1 aromatic rings. The number of carbonyl (C=O) groups excluding carboxylic acids is 1. The van der Waals surface area contributed by atoms with Gasteiger partial charge in [-0.15, -0.1) is 0 Å². The highest BCUT2D eigenvalue weighted by atomic mass is 16.3. The van der Waals surface area contributed by atoms with E-state index in [1.54, 1.807) is 0 Å². The smallest absolute Gasteiger partial charge is 0.237 e. The summed E-state index contributed by atoms with van der Waals surface area (Å²) < 4.78 is 0. The Morgan fingerprint density at radius 2 is 2.04 bits per heavy atom. The molecule has 4 heteroatoms. The van der Waals surface area contributed by atoms with Crippen molar-refractivity contribution in [1.29, 1.82) is 0 Å². The van der Waals surface area contributed by atoms with Gasteiger partial charge in [0.2, 0.25) is 5.91 Å². The van der Waals surface area contributed by atoms with Crippen LogP contribution in [-0.4, -0.2) is 52.6 Å². The number of amides is 1. The van der Waals surface area contributed by atoms with E-state index in [1.165, 1.54) is 24.0 Å². The summed E-state index contributed by atoms with van der Waals surface area (Å²) in [5.41, 5.74) is 2.50. The third-order valence-electron chi connectivity index (χ3n) is 6.01. The van der Waals surface area contributed by atoms with Crippen LogP contribution in [0.3, 0.4) is 0 Å². The standard InChI is InChI=1S/C20H28N2O2/c1-14(15-6-7-15)22(17-8-9-17)20(24)12-21-11-10-16-4-2-3-5-18(16)19(21)13-23/h2-5,14-15,17,19,23H,6-13H2,1H3. The van der Waals surface area contributed by atoms with E-state index in [-0.39, 0.29) is 18.6 Å². The summed E-state index contributed by atoms with van der Waals surface area (Å²) in [7, 11) is 0. The zero-order valence-corrected chi connectivity index (χ0v) is 14.5. The molecule has 0 radical (unpaired) electrons. The maximum atomic E-state index is 13.0. The van der Waals surface area contributed by atoms with E-state index < -0.39 is 0 Å². The zero-order chi connectivity index (χ0) is 16.7. The van der Waals surface area contributed by atoms with Crippen molar-refractivity contribution in [2.75, 3.05) is 19.7 Å². The van der Waals surface area contributed by atoms with E-state index in [0.717, 1.165) is 25.8 Å². The molecule has 130 valence electrons. The van der Waals surface area contributed by atoms with Crippen molar-refractivity contribution in [3.63, 3.8) is 0 Å². The van der Waals surface area contributed by atoms with Crippen molar-refractivity contribution in [1.82, 2.24) is 9.80 Å². The molecule has 2 unspecified atom stereocenters. The van der Waals surface area contributed by atoms with Crippen LogP contribution in [-0.2, 0) is 11.2 Å². The van der Waals surface area contributed by atoms with E-state index in [0.29, 0.717) is 24.5 Å². The lowest BCUT2D eigenvalue weighted by molar-refractivity contribution is -0.136. The molecule has 2 atom stereocenters. The third-order valence-corrected chi connectivity index (χ3v) is 6.01. The molecule has 2 fully saturated rings. The number of hydrogen-bond acceptors (Lipinski definition) is 3. The minimum Gasteiger partial charge on any atom is -0.394 e. The maximum Gasteiger partial charge on any atom is 0.237 e. The lowest BCUT2D eigenvalue weighted by Gasteiger charge is -2.38. The van der Waals surface area contributed by atoms with Crippen LogP contribution in [0.2, 0.25) is 0 Å². The van der Waals surface area contributed by atoms with Crippen LogP contribution in [0.25, 0.3) is 0 Å². The van der Waals surface area contributed by atoms with E-state index in [2.05, 4.69) is 34.9 Å². The SMILES string of the molecule is CC(C1CC1)N(C(=O)CN1CCc2ccccc2C1CO)C1CC1. The van der Waals surface area contributed by atoms with Gasteiger partial charge in [-0.3, -0.25) is 9.69 Å². The fourth-order valence-electron chi connectivity index (χ4n) is 4.28. The predicted molar refractivity (Wildman–Crippen MR) is 93.6 cm³/mol. The molecular weight excluding hydrogens is 300 g/mol. The molecule has 1 heterocycles. The van der Waals surface area contributed by atoms with E-state index in [4.69, 9.17) is 0 Å². The summed E-state index contributed by atoms with van der Waals surface area (Å²) in [6.07, 6.45) is 5.83. The van der Waals surface area contributed by atoms with Crippen molar-refractivity contribution in [3.05, 3.63) is 35.4 Å². The Kier molecular flexibility index (Phi) is 4.35. The topological polar surface area (TPSA) is 43.8 Å². The van der Waals surface area contributed by atoms with Crippen LogP contribution in [0.5, 0.6) is 0 Å². The van der Waals surface area contributed by atoms with Crippen molar-refractivity contribution < 1.29 is 9.90 Å². The molecule has 1 aliphatic heterocycles. The van der Waals surface area contributed by atoms with Crippen LogP contribution in [0.15, 0.2) is 24.3 Å². The average molecular weight is 328 g/mol. The van der Waals surface area contributed by atoms with Gasteiger partial charge in [0.25, 0.3) is 0 Å². The van der Waals surface area contributed by atoms with Crippen LogP contribution < -0.4 is 0 Å². The molecule has 0 bridgehead atoms. The monoisotopic (exact) mass is 328 g/mol. The zero-order valence-electron chi connectivity index (χ0n) is 14.5. The van der Waals surface area contributed by atoms with E-state index >= 15 is 0 Å². The molecule has 0 aromatic heterocycles. The molecule has 1 amide bonds. The summed E-state index contributed by atoms with van der Waals surface area (Å²) in [6.45, 7) is 3.59. The summed E-state index contributed by atoms with van der Waals surface area (Å²) in [4.78, 5) is 17.4. The number of aliphatic hydroxyl groups is 1. The lowest BCUT2D eigenvalue weighted by atomic mass is 9.93. The van der Waals surface area contributed by atoms with Crippen LogP contribution >= 0.6 is 0 Å². The Labute approximate surface area is 144 Å². The van der Waals surface area contributed by atoms with E-state index in [1.807, 2.05) is 6.07 Å². The number of carbonyl (C=O) groups is 1. The van der Waals surface area contributed by atoms with Crippen molar-refractivity contribution in [2.45, 2.75) is 57.2 Å². The van der Waals surface area contributed by atoms with Gasteiger partial charge in [0.05, 0.1) is 19.2 Å². The molecule has 2 aliphatic carbocycles. The molecule has 1 N–H and O–H groups in total. The first kappa shape index (κ1) is 16.1. The Bertz CT molecular complexity index is 609. The van der Waals surface area contributed by atoms with Crippen LogP contribution in [0.1, 0.15) is 49.8 Å². The molecule has 0 saturated heterocycles. The highest BCUT2D eigenvalue weighted by molar-refractivity contribution is 5.79. The second-order valence-corrected chi connectivity index (χ2v) is 7.73. The number of rotatable bonds is 6. The molecule has 4 rings (SSSR count). The fourth-order valence-corrected chi connectivity index (χ4v) is 4.28. The largest absolute Gasteiger partial charge is 0.394 e. The van der Waals surface area contributed by atoms with Crippen molar-refractivity contribution in [3.8, 4) is 0 Å². The van der Waals surface area contributed by atoms with Gasteiger partial charge in [-0.25, -0.2) is 0 Å². The summed E-state index contributed by atoms with van der Waals surface area (Å²) in [5.74, 6) is 0.972. The first-order chi connectivity index (χ1) is 11.7. The van der Waals surface area contributed by atoms with Gasteiger partial charge < -0.3 is 10.0 Å². The molecule has 4 nitrogen and oxygen atoms in total. The first-order valence-electron chi connectivity index (χ1n) is 9.43. The van der Waals surface area contributed by atoms with Crippen molar-refractivity contribution in [2.24, 2.45) is 5.92 Å². The summed E-state index contributed by atoms with van der Waals surface area (Å²) in [5, 5.41) is 9.92. The van der Waals surface area contributed by atoms with E-state index in [9.17, 15) is 9.90 Å². The number of nitrogens with zero attached hydrogens (tertiary/aromatic N) is 2. The Balaban J connectivity index is 1.48. The van der Waals surface area contributed by atoms with Gasteiger partial charge in [-0.05, 0) is 56.1 Å². The Morgan fingerprint density at radius 3 is 2.71 bits per heavy atom. The number of benzene rings is 1. The molecular formula is C20H28N2O2. The summed E-state index contributed by atoms with van der Waals surface area (Å²) >= 11 is 0. The summed E-state index contributed by atoms with van der Waals surface area (Å²) in [6, 6.07) is 9.13. The molecule has 1 aromatic carbocycles. The predicted octanol–water partition coefficient (Wildman–Crippen LogP) is 2.37.